The van der Waals surface area contributed by atoms with Crippen molar-refractivity contribution in [3.8, 4) is 11.8 Å². The number of ether oxygens (including phenoxy) is 1. The summed E-state index contributed by atoms with van der Waals surface area (Å²) in [6.45, 7) is 1.25. The van der Waals surface area contributed by atoms with Gasteiger partial charge in [0.25, 0.3) is 5.91 Å². The molecule has 0 spiro atoms. The first-order valence-electron chi connectivity index (χ1n) is 6.70. The molecule has 0 bridgehead atoms. The fourth-order valence-electron chi connectivity index (χ4n) is 2.23. The Kier molecular flexibility index (Phi) is 3.58. The molecule has 2 aromatic heterocycles. The van der Waals surface area contributed by atoms with Crippen molar-refractivity contribution in [3.05, 3.63) is 47.9 Å². The van der Waals surface area contributed by atoms with Crippen LogP contribution in [0, 0.1) is 11.3 Å². The lowest BCUT2D eigenvalue weighted by molar-refractivity contribution is 0.0994. The highest BCUT2D eigenvalue weighted by molar-refractivity contribution is 5.91. The Morgan fingerprint density at radius 1 is 1.36 bits per heavy atom. The van der Waals surface area contributed by atoms with E-state index in [0.29, 0.717) is 30.2 Å². The van der Waals surface area contributed by atoms with Crippen molar-refractivity contribution in [2.75, 3.05) is 18.0 Å². The first-order chi connectivity index (χ1) is 10.7. The van der Waals surface area contributed by atoms with Gasteiger partial charge in [-0.05, 0) is 18.2 Å². The minimum Gasteiger partial charge on any atom is -0.487 e. The molecule has 1 amide bonds. The number of carbonyl (C=O) groups is 1. The normalized spacial score (nSPS) is 14.0. The van der Waals surface area contributed by atoms with Crippen LogP contribution in [0.3, 0.4) is 0 Å². The monoisotopic (exact) mass is 295 g/mol. The Balaban J connectivity index is 1.64. The van der Waals surface area contributed by atoms with Crippen LogP contribution in [0.5, 0.6) is 5.75 Å². The summed E-state index contributed by atoms with van der Waals surface area (Å²) in [5.41, 5.74) is 5.90. The van der Waals surface area contributed by atoms with Crippen molar-refractivity contribution in [1.29, 1.82) is 5.26 Å². The molecule has 22 heavy (non-hydrogen) atoms. The van der Waals surface area contributed by atoms with Crippen LogP contribution in [0.1, 0.15) is 16.1 Å². The lowest BCUT2D eigenvalue weighted by Gasteiger charge is -2.40. The maximum atomic E-state index is 11.1. The molecule has 1 aliphatic rings. The topological polar surface area (TPSA) is 105 Å². The van der Waals surface area contributed by atoms with Crippen LogP contribution in [0.25, 0.3) is 0 Å². The Bertz CT molecular complexity index is 750. The minimum atomic E-state index is -0.590. The van der Waals surface area contributed by atoms with Crippen LogP contribution in [-0.4, -0.2) is 35.1 Å². The molecule has 0 aliphatic carbocycles. The Hall–Kier alpha value is -3.14. The molecule has 2 N–H and O–H groups in total. The van der Waals surface area contributed by atoms with E-state index in [9.17, 15) is 4.79 Å². The first kappa shape index (κ1) is 13.8. The molecular formula is C15H13N5O2. The van der Waals surface area contributed by atoms with Crippen LogP contribution < -0.4 is 15.4 Å². The summed E-state index contributed by atoms with van der Waals surface area (Å²) < 4.78 is 5.77. The quantitative estimate of drug-likeness (QED) is 0.890. The lowest BCUT2D eigenvalue weighted by atomic mass is 10.1. The molecule has 3 heterocycles. The van der Waals surface area contributed by atoms with Gasteiger partial charge in [-0.2, -0.15) is 5.26 Å². The number of nitriles is 1. The number of primary amides is 1. The van der Waals surface area contributed by atoms with Gasteiger partial charge in [0.05, 0.1) is 18.7 Å². The number of aromatic nitrogens is 2. The average molecular weight is 295 g/mol. The molecular weight excluding hydrogens is 282 g/mol. The molecule has 0 unspecified atom stereocenters. The van der Waals surface area contributed by atoms with Crippen LogP contribution in [0.4, 0.5) is 5.82 Å². The molecule has 3 rings (SSSR count). The van der Waals surface area contributed by atoms with E-state index in [0.717, 1.165) is 0 Å². The Morgan fingerprint density at radius 3 is 2.91 bits per heavy atom. The smallest absolute Gasteiger partial charge is 0.267 e. The largest absolute Gasteiger partial charge is 0.487 e. The van der Waals surface area contributed by atoms with E-state index in [1.165, 1.54) is 12.3 Å². The summed E-state index contributed by atoms with van der Waals surface area (Å²) in [5.74, 6) is 0.625. The van der Waals surface area contributed by atoms with Crippen LogP contribution in [0.15, 0.2) is 36.7 Å². The van der Waals surface area contributed by atoms with E-state index >= 15 is 0 Å². The van der Waals surface area contributed by atoms with E-state index in [2.05, 4.69) is 16.0 Å². The zero-order valence-corrected chi connectivity index (χ0v) is 11.6. The molecule has 1 fully saturated rings. The highest BCUT2D eigenvalue weighted by atomic mass is 16.5. The third kappa shape index (κ3) is 2.67. The third-order valence-electron chi connectivity index (χ3n) is 3.34. The summed E-state index contributed by atoms with van der Waals surface area (Å²) in [4.78, 5) is 21.2. The fraction of sp³-hybridized carbons (Fsp3) is 0.200. The van der Waals surface area contributed by atoms with E-state index in [4.69, 9.17) is 15.7 Å². The number of hydrogen-bond acceptors (Lipinski definition) is 6. The van der Waals surface area contributed by atoms with Gasteiger partial charge in [0.1, 0.15) is 29.4 Å². The van der Waals surface area contributed by atoms with Gasteiger partial charge in [-0.15, -0.1) is 0 Å². The van der Waals surface area contributed by atoms with Crippen molar-refractivity contribution in [2.45, 2.75) is 6.10 Å². The second-order valence-corrected chi connectivity index (χ2v) is 4.87. The third-order valence-corrected chi connectivity index (χ3v) is 3.34. The fourth-order valence-corrected chi connectivity index (χ4v) is 2.23. The molecule has 0 saturated carbocycles. The highest BCUT2D eigenvalue weighted by Crippen LogP contribution is 2.25. The van der Waals surface area contributed by atoms with Gasteiger partial charge in [0.2, 0.25) is 0 Å². The number of anilines is 1. The number of rotatable bonds is 4. The number of nitrogens with zero attached hydrogens (tertiary/aromatic N) is 4. The maximum absolute atomic E-state index is 11.1. The molecule has 0 aromatic carbocycles. The number of pyridine rings is 2. The summed E-state index contributed by atoms with van der Waals surface area (Å²) in [5, 5.41) is 9.07. The summed E-state index contributed by atoms with van der Waals surface area (Å²) in [6.07, 6.45) is 3.11. The second kappa shape index (κ2) is 5.69. The molecule has 0 atom stereocenters. The van der Waals surface area contributed by atoms with Crippen LogP contribution in [-0.2, 0) is 0 Å². The number of hydrogen-bond donors (Lipinski definition) is 1. The minimum absolute atomic E-state index is 0.0309. The van der Waals surface area contributed by atoms with Gasteiger partial charge in [-0.25, -0.2) is 4.98 Å². The Morgan fingerprint density at radius 2 is 2.18 bits per heavy atom. The molecule has 7 nitrogen and oxygen atoms in total. The van der Waals surface area contributed by atoms with Gasteiger partial charge in [0, 0.05) is 18.5 Å². The molecule has 1 aliphatic heterocycles. The molecule has 2 aromatic rings. The average Bonchev–Trinajstić information content (AvgIpc) is 2.51. The van der Waals surface area contributed by atoms with E-state index in [-0.39, 0.29) is 11.8 Å². The summed E-state index contributed by atoms with van der Waals surface area (Å²) >= 11 is 0. The lowest BCUT2D eigenvalue weighted by Crippen LogP contribution is -2.54. The van der Waals surface area contributed by atoms with E-state index in [1.807, 2.05) is 4.90 Å². The van der Waals surface area contributed by atoms with Crippen LogP contribution in [0.2, 0.25) is 0 Å². The van der Waals surface area contributed by atoms with Crippen molar-refractivity contribution < 1.29 is 9.53 Å². The highest BCUT2D eigenvalue weighted by Gasteiger charge is 2.31. The maximum Gasteiger partial charge on any atom is 0.267 e. The van der Waals surface area contributed by atoms with E-state index in [1.54, 1.807) is 24.4 Å². The van der Waals surface area contributed by atoms with Crippen molar-refractivity contribution >= 4 is 11.7 Å². The van der Waals surface area contributed by atoms with Crippen molar-refractivity contribution in [1.82, 2.24) is 9.97 Å². The molecule has 1 saturated heterocycles. The number of carbonyl (C=O) groups excluding carboxylic acids is 1. The van der Waals surface area contributed by atoms with Gasteiger partial charge in [-0.1, -0.05) is 0 Å². The Labute approximate surface area is 127 Å². The first-order valence-corrected chi connectivity index (χ1v) is 6.70. The summed E-state index contributed by atoms with van der Waals surface area (Å²) in [6, 6.07) is 8.79. The number of amides is 1. The van der Waals surface area contributed by atoms with Gasteiger partial charge in [-0.3, -0.25) is 9.78 Å². The van der Waals surface area contributed by atoms with Gasteiger partial charge < -0.3 is 15.4 Å². The standard InChI is InChI=1S/C15H13N5O2/c16-7-10-2-1-4-19-15(10)20-8-12(9-20)22-11-3-5-18-13(6-11)14(17)21/h1-6,12H,8-9H2,(H2,17,21). The van der Waals surface area contributed by atoms with Gasteiger partial charge in [0.15, 0.2) is 0 Å². The van der Waals surface area contributed by atoms with Gasteiger partial charge >= 0.3 is 0 Å². The zero-order chi connectivity index (χ0) is 15.5. The number of nitrogens with two attached hydrogens (primary N) is 1. The zero-order valence-electron chi connectivity index (χ0n) is 11.6. The van der Waals surface area contributed by atoms with E-state index < -0.39 is 5.91 Å². The van der Waals surface area contributed by atoms with Crippen LogP contribution >= 0.6 is 0 Å². The predicted molar refractivity (Wildman–Crippen MR) is 78.3 cm³/mol. The SMILES string of the molecule is N#Cc1cccnc1N1CC(Oc2ccnc(C(N)=O)c2)C1. The summed E-state index contributed by atoms with van der Waals surface area (Å²) in [7, 11) is 0. The molecule has 7 heteroatoms. The van der Waals surface area contributed by atoms with Crippen molar-refractivity contribution in [2.24, 2.45) is 5.73 Å². The predicted octanol–water partition coefficient (Wildman–Crippen LogP) is 0.715. The molecule has 110 valence electrons. The van der Waals surface area contributed by atoms with Crippen molar-refractivity contribution in [3.63, 3.8) is 0 Å². The molecule has 0 radical (unpaired) electrons. The second-order valence-electron chi connectivity index (χ2n) is 4.87.